The molecule has 1 atom stereocenters. The monoisotopic (exact) mass is 435 g/mol. The Morgan fingerprint density at radius 2 is 1.81 bits per heavy atom. The lowest BCUT2D eigenvalue weighted by molar-refractivity contribution is -0.135. The topological polar surface area (TPSA) is 54.5 Å². The quantitative estimate of drug-likeness (QED) is 0.429. The third kappa shape index (κ3) is 5.93. The van der Waals surface area contributed by atoms with Crippen LogP contribution in [0.2, 0.25) is 0 Å². The lowest BCUT2D eigenvalue weighted by Crippen LogP contribution is -2.53. The van der Waals surface area contributed by atoms with E-state index < -0.39 is 0 Å². The molecule has 0 amide bonds. The summed E-state index contributed by atoms with van der Waals surface area (Å²) in [5.74, 6) is 0.800. The summed E-state index contributed by atoms with van der Waals surface area (Å²) in [5, 5.41) is 0. The highest BCUT2D eigenvalue weighted by Gasteiger charge is 2.39. The Bertz CT molecular complexity index is 577. The molecule has 0 aromatic rings. The minimum absolute atomic E-state index is 0.196. The van der Waals surface area contributed by atoms with E-state index in [0.717, 1.165) is 45.0 Å². The SMILES string of the molecule is C=C(OC[C@H]1CCCCN1COC=O)N1CCC(N2CCC3(CCCCO3)CC2)CC1. The molecule has 7 heteroatoms. The van der Waals surface area contributed by atoms with Crippen LogP contribution in [-0.4, -0.2) is 91.5 Å². The Morgan fingerprint density at radius 1 is 1.00 bits per heavy atom. The molecular weight excluding hydrogens is 394 g/mol. The molecule has 4 saturated heterocycles. The second kappa shape index (κ2) is 11.0. The Morgan fingerprint density at radius 3 is 2.52 bits per heavy atom. The summed E-state index contributed by atoms with van der Waals surface area (Å²) in [5.41, 5.74) is 0.196. The van der Waals surface area contributed by atoms with Crippen LogP contribution in [0.15, 0.2) is 12.5 Å². The standard InChI is InChI=1S/C24H41N3O4/c1-21(30-18-23-6-2-4-12-27(23)19-29-20-28)25-13-7-22(8-14-25)26-15-10-24(11-16-26)9-3-5-17-31-24/h20,22-23H,1-19H2/t23-/m1/s1. The van der Waals surface area contributed by atoms with E-state index in [-0.39, 0.29) is 5.60 Å². The van der Waals surface area contributed by atoms with E-state index in [2.05, 4.69) is 21.3 Å². The molecule has 0 N–H and O–H groups in total. The summed E-state index contributed by atoms with van der Waals surface area (Å²) in [7, 11) is 0. The first kappa shape index (κ1) is 22.9. The van der Waals surface area contributed by atoms with Crippen LogP contribution in [0.3, 0.4) is 0 Å². The molecular formula is C24H41N3O4. The molecule has 0 bridgehead atoms. The van der Waals surface area contributed by atoms with Crippen LogP contribution in [-0.2, 0) is 19.0 Å². The van der Waals surface area contributed by atoms with Gasteiger partial charge in [0, 0.05) is 51.4 Å². The Labute approximate surface area is 187 Å². The van der Waals surface area contributed by atoms with E-state index in [4.69, 9.17) is 14.2 Å². The van der Waals surface area contributed by atoms with Crippen molar-refractivity contribution in [3.8, 4) is 0 Å². The fourth-order valence-electron chi connectivity index (χ4n) is 5.91. The minimum atomic E-state index is 0.196. The minimum Gasteiger partial charge on any atom is -0.478 e. The van der Waals surface area contributed by atoms with Crippen LogP contribution < -0.4 is 0 Å². The summed E-state index contributed by atoms with van der Waals surface area (Å²) >= 11 is 0. The first-order chi connectivity index (χ1) is 15.2. The van der Waals surface area contributed by atoms with Crippen molar-refractivity contribution < 1.29 is 19.0 Å². The van der Waals surface area contributed by atoms with Crippen LogP contribution >= 0.6 is 0 Å². The maximum atomic E-state index is 10.5. The van der Waals surface area contributed by atoms with E-state index in [0.29, 0.717) is 31.9 Å². The Kier molecular flexibility index (Phi) is 8.13. The van der Waals surface area contributed by atoms with Crippen molar-refractivity contribution in [3.63, 3.8) is 0 Å². The summed E-state index contributed by atoms with van der Waals surface area (Å²) in [6.45, 7) is 12.0. The first-order valence-corrected chi connectivity index (χ1v) is 12.4. The average molecular weight is 436 g/mol. The van der Waals surface area contributed by atoms with Gasteiger partial charge in [0.15, 0.2) is 5.88 Å². The second-order valence-corrected chi connectivity index (χ2v) is 9.80. The van der Waals surface area contributed by atoms with Gasteiger partial charge in [-0.2, -0.15) is 0 Å². The second-order valence-electron chi connectivity index (χ2n) is 9.80. The van der Waals surface area contributed by atoms with Crippen LogP contribution in [0.1, 0.15) is 64.2 Å². The predicted molar refractivity (Wildman–Crippen MR) is 119 cm³/mol. The first-order valence-electron chi connectivity index (χ1n) is 12.4. The molecule has 4 heterocycles. The predicted octanol–water partition coefficient (Wildman–Crippen LogP) is 2.96. The molecule has 4 aliphatic heterocycles. The van der Waals surface area contributed by atoms with E-state index in [1.807, 2.05) is 0 Å². The molecule has 31 heavy (non-hydrogen) atoms. The number of piperidine rings is 3. The normalized spacial score (nSPS) is 28.4. The fourth-order valence-corrected chi connectivity index (χ4v) is 5.91. The van der Waals surface area contributed by atoms with Crippen LogP contribution in [0.5, 0.6) is 0 Å². The molecule has 176 valence electrons. The van der Waals surface area contributed by atoms with Gasteiger partial charge in [-0.3, -0.25) is 9.69 Å². The van der Waals surface area contributed by atoms with Crippen LogP contribution in [0.4, 0.5) is 0 Å². The summed E-state index contributed by atoms with van der Waals surface area (Å²) in [6.07, 6.45) is 12.0. The van der Waals surface area contributed by atoms with Gasteiger partial charge in [0.2, 0.25) is 0 Å². The highest BCUT2D eigenvalue weighted by atomic mass is 16.5. The average Bonchev–Trinajstić information content (AvgIpc) is 2.83. The zero-order chi connectivity index (χ0) is 21.5. The lowest BCUT2D eigenvalue weighted by Gasteiger charge is -2.47. The molecule has 4 aliphatic rings. The summed E-state index contributed by atoms with van der Waals surface area (Å²) < 4.78 is 17.3. The van der Waals surface area contributed by atoms with Gasteiger partial charge in [-0.1, -0.05) is 6.42 Å². The molecule has 0 aromatic heterocycles. The van der Waals surface area contributed by atoms with Crippen molar-refractivity contribution in [1.29, 1.82) is 0 Å². The highest BCUT2D eigenvalue weighted by molar-refractivity contribution is 5.36. The highest BCUT2D eigenvalue weighted by Crippen LogP contribution is 2.36. The molecule has 0 saturated carbocycles. The van der Waals surface area contributed by atoms with Gasteiger partial charge >= 0.3 is 0 Å². The Hall–Kier alpha value is -1.31. The van der Waals surface area contributed by atoms with E-state index >= 15 is 0 Å². The van der Waals surface area contributed by atoms with E-state index in [1.54, 1.807) is 0 Å². The fraction of sp³-hybridized carbons (Fsp3) is 0.875. The largest absolute Gasteiger partial charge is 0.478 e. The third-order valence-corrected chi connectivity index (χ3v) is 7.98. The van der Waals surface area contributed by atoms with Gasteiger partial charge in [-0.15, -0.1) is 0 Å². The van der Waals surface area contributed by atoms with Gasteiger partial charge in [-0.05, 0) is 64.4 Å². The lowest BCUT2D eigenvalue weighted by atomic mass is 9.83. The van der Waals surface area contributed by atoms with E-state index in [1.165, 1.54) is 64.5 Å². The van der Waals surface area contributed by atoms with Gasteiger partial charge in [-0.25, -0.2) is 0 Å². The molecule has 4 rings (SSSR count). The van der Waals surface area contributed by atoms with Gasteiger partial charge in [0.25, 0.3) is 6.47 Å². The molecule has 0 aromatic carbocycles. The Balaban J connectivity index is 1.16. The van der Waals surface area contributed by atoms with Crippen LogP contribution in [0, 0.1) is 0 Å². The number of carbonyl (C=O) groups is 1. The number of rotatable bonds is 8. The number of hydrogen-bond acceptors (Lipinski definition) is 7. The summed E-state index contributed by atoms with van der Waals surface area (Å²) in [4.78, 5) is 17.8. The third-order valence-electron chi connectivity index (χ3n) is 7.98. The number of ether oxygens (including phenoxy) is 3. The number of nitrogens with zero attached hydrogens (tertiary/aromatic N) is 3. The smallest absolute Gasteiger partial charge is 0.294 e. The number of carbonyl (C=O) groups excluding carboxylic acids is 1. The van der Waals surface area contributed by atoms with Crippen LogP contribution in [0.25, 0.3) is 0 Å². The van der Waals surface area contributed by atoms with E-state index in [9.17, 15) is 4.79 Å². The summed E-state index contributed by atoms with van der Waals surface area (Å²) in [6, 6.07) is 0.977. The molecule has 0 radical (unpaired) electrons. The molecule has 1 spiro atoms. The molecule has 0 unspecified atom stereocenters. The van der Waals surface area contributed by atoms with Crippen molar-refractivity contribution in [3.05, 3.63) is 12.5 Å². The van der Waals surface area contributed by atoms with Gasteiger partial charge < -0.3 is 24.0 Å². The zero-order valence-electron chi connectivity index (χ0n) is 19.1. The van der Waals surface area contributed by atoms with Gasteiger partial charge in [0.1, 0.15) is 13.3 Å². The van der Waals surface area contributed by atoms with Crippen molar-refractivity contribution in [1.82, 2.24) is 14.7 Å². The molecule has 4 fully saturated rings. The van der Waals surface area contributed by atoms with Crippen molar-refractivity contribution in [2.24, 2.45) is 0 Å². The number of likely N-dealkylation sites (tertiary alicyclic amines) is 3. The van der Waals surface area contributed by atoms with Gasteiger partial charge in [0.05, 0.1) is 5.60 Å². The molecule has 0 aliphatic carbocycles. The van der Waals surface area contributed by atoms with Crippen molar-refractivity contribution in [2.45, 2.75) is 81.9 Å². The maximum absolute atomic E-state index is 10.5. The van der Waals surface area contributed by atoms with Crippen molar-refractivity contribution >= 4 is 6.47 Å². The zero-order valence-corrected chi connectivity index (χ0v) is 19.1. The molecule has 7 nitrogen and oxygen atoms in total. The van der Waals surface area contributed by atoms with Crippen molar-refractivity contribution in [2.75, 3.05) is 52.7 Å². The maximum Gasteiger partial charge on any atom is 0.294 e. The number of hydrogen-bond donors (Lipinski definition) is 0.